The molecule has 0 aliphatic rings. The molecule has 20 heavy (non-hydrogen) atoms. The van der Waals surface area contributed by atoms with Crippen LogP contribution in [-0.4, -0.2) is 37.6 Å². The van der Waals surface area contributed by atoms with E-state index in [2.05, 4.69) is 10.3 Å². The van der Waals surface area contributed by atoms with Crippen LogP contribution in [0.25, 0.3) is 0 Å². The Morgan fingerprint density at radius 2 is 2.15 bits per heavy atom. The van der Waals surface area contributed by atoms with E-state index in [4.69, 9.17) is 4.74 Å². The summed E-state index contributed by atoms with van der Waals surface area (Å²) < 4.78 is 28.3. The van der Waals surface area contributed by atoms with E-state index in [9.17, 15) is 8.42 Å². The predicted molar refractivity (Wildman–Crippen MR) is 80.7 cm³/mol. The molecule has 0 spiro atoms. The van der Waals surface area contributed by atoms with E-state index in [1.807, 2.05) is 26.0 Å². The van der Waals surface area contributed by atoms with Crippen LogP contribution in [0.2, 0.25) is 0 Å². The van der Waals surface area contributed by atoms with Gasteiger partial charge < -0.3 is 10.1 Å². The minimum atomic E-state index is -2.87. The lowest BCUT2D eigenvalue weighted by atomic mass is 10.2. The normalized spacial score (nSPS) is 11.8. The van der Waals surface area contributed by atoms with Crippen molar-refractivity contribution in [2.45, 2.75) is 39.8 Å². The molecule has 6 heteroatoms. The van der Waals surface area contributed by atoms with Gasteiger partial charge in [-0.25, -0.2) is 13.4 Å². The molecule has 0 saturated heterocycles. The second kappa shape index (κ2) is 8.21. The van der Waals surface area contributed by atoms with Crippen molar-refractivity contribution in [1.29, 1.82) is 0 Å². The van der Waals surface area contributed by atoms with E-state index < -0.39 is 9.84 Å². The molecule has 0 aliphatic carbocycles. The first kappa shape index (κ1) is 16.9. The van der Waals surface area contributed by atoms with Crippen LogP contribution in [0.15, 0.2) is 18.3 Å². The predicted octanol–water partition coefficient (Wildman–Crippen LogP) is 1.78. The van der Waals surface area contributed by atoms with Crippen molar-refractivity contribution in [1.82, 2.24) is 10.3 Å². The molecule has 0 aliphatic heterocycles. The summed E-state index contributed by atoms with van der Waals surface area (Å²) in [6.45, 7) is 6.88. The van der Waals surface area contributed by atoms with Gasteiger partial charge in [0.25, 0.3) is 0 Å². The Morgan fingerprint density at radius 1 is 1.40 bits per heavy atom. The van der Waals surface area contributed by atoms with Gasteiger partial charge >= 0.3 is 0 Å². The quantitative estimate of drug-likeness (QED) is 0.704. The number of nitrogens with zero attached hydrogens (tertiary/aromatic N) is 1. The second-order valence-electron chi connectivity index (χ2n) is 4.90. The number of ether oxygens (including phenoxy) is 1. The Morgan fingerprint density at radius 3 is 2.80 bits per heavy atom. The van der Waals surface area contributed by atoms with Crippen LogP contribution in [-0.2, 0) is 16.4 Å². The second-order valence-corrected chi connectivity index (χ2v) is 7.37. The zero-order valence-electron chi connectivity index (χ0n) is 12.4. The monoisotopic (exact) mass is 300 g/mol. The highest BCUT2D eigenvalue weighted by Crippen LogP contribution is 2.15. The van der Waals surface area contributed by atoms with Crippen LogP contribution in [0, 0.1) is 0 Å². The highest BCUT2D eigenvalue weighted by Gasteiger charge is 2.08. The molecule has 0 saturated carbocycles. The molecule has 0 aromatic carbocycles. The summed E-state index contributed by atoms with van der Waals surface area (Å²) in [4.78, 5) is 4.21. The molecule has 1 aromatic heterocycles. The van der Waals surface area contributed by atoms with Gasteiger partial charge in [-0.2, -0.15) is 0 Å². The van der Waals surface area contributed by atoms with E-state index in [-0.39, 0.29) is 17.6 Å². The van der Waals surface area contributed by atoms with Crippen molar-refractivity contribution < 1.29 is 13.2 Å². The fourth-order valence-electron chi connectivity index (χ4n) is 1.67. The van der Waals surface area contributed by atoms with Crippen LogP contribution >= 0.6 is 0 Å². The van der Waals surface area contributed by atoms with Gasteiger partial charge in [0, 0.05) is 24.1 Å². The highest BCUT2D eigenvalue weighted by atomic mass is 32.2. The van der Waals surface area contributed by atoms with E-state index in [0.717, 1.165) is 5.56 Å². The fraction of sp³-hybridized carbons (Fsp3) is 0.643. The van der Waals surface area contributed by atoms with Crippen molar-refractivity contribution in [3.63, 3.8) is 0 Å². The van der Waals surface area contributed by atoms with Crippen LogP contribution in [0.5, 0.6) is 5.88 Å². The Kier molecular flexibility index (Phi) is 6.95. The van der Waals surface area contributed by atoms with E-state index in [0.29, 0.717) is 25.4 Å². The maximum atomic E-state index is 11.4. The number of rotatable bonds is 9. The van der Waals surface area contributed by atoms with Crippen LogP contribution in [0.3, 0.4) is 0 Å². The Hall–Kier alpha value is -1.14. The fourth-order valence-corrected chi connectivity index (χ4v) is 2.55. The van der Waals surface area contributed by atoms with Gasteiger partial charge in [-0.3, -0.25) is 0 Å². The number of hydrogen-bond acceptors (Lipinski definition) is 5. The summed E-state index contributed by atoms with van der Waals surface area (Å²) in [6.07, 6.45) is 2.41. The summed E-state index contributed by atoms with van der Waals surface area (Å²) in [5.74, 6) is 1.08. The zero-order valence-corrected chi connectivity index (χ0v) is 13.2. The van der Waals surface area contributed by atoms with Gasteiger partial charge in [-0.15, -0.1) is 0 Å². The Bertz CT molecular complexity index is 501. The summed E-state index contributed by atoms with van der Waals surface area (Å²) >= 11 is 0. The minimum Gasteiger partial charge on any atom is -0.475 e. The Labute approximate surface area is 121 Å². The molecule has 114 valence electrons. The molecule has 1 aromatic rings. The SMILES string of the molecule is CCS(=O)(=O)CCCNCc1cccnc1OC(C)C. The van der Waals surface area contributed by atoms with Crippen molar-refractivity contribution in [3.8, 4) is 5.88 Å². The number of nitrogens with one attached hydrogen (secondary N) is 1. The minimum absolute atomic E-state index is 0.0818. The average Bonchev–Trinajstić information content (AvgIpc) is 2.39. The molecule has 1 rings (SSSR count). The molecule has 0 atom stereocenters. The molecule has 0 bridgehead atoms. The number of aromatic nitrogens is 1. The van der Waals surface area contributed by atoms with Crippen LogP contribution in [0.1, 0.15) is 32.8 Å². The first-order valence-electron chi connectivity index (χ1n) is 6.96. The molecular formula is C14H24N2O3S. The number of hydrogen-bond donors (Lipinski definition) is 1. The first-order chi connectivity index (χ1) is 9.44. The van der Waals surface area contributed by atoms with Crippen LogP contribution < -0.4 is 10.1 Å². The molecular weight excluding hydrogens is 276 g/mol. The molecule has 0 unspecified atom stereocenters. The molecule has 1 N–H and O–H groups in total. The van der Waals surface area contributed by atoms with Crippen molar-refractivity contribution in [2.75, 3.05) is 18.1 Å². The number of pyridine rings is 1. The summed E-state index contributed by atoms with van der Waals surface area (Å²) in [5, 5.41) is 3.23. The summed E-state index contributed by atoms with van der Waals surface area (Å²) in [7, 11) is -2.87. The number of sulfone groups is 1. The lowest BCUT2D eigenvalue weighted by Crippen LogP contribution is -2.20. The van der Waals surface area contributed by atoms with Crippen molar-refractivity contribution >= 4 is 9.84 Å². The van der Waals surface area contributed by atoms with Gasteiger partial charge in [-0.1, -0.05) is 13.0 Å². The zero-order chi connectivity index (χ0) is 15.0. The van der Waals surface area contributed by atoms with E-state index >= 15 is 0 Å². The van der Waals surface area contributed by atoms with Crippen LogP contribution in [0.4, 0.5) is 0 Å². The summed E-state index contributed by atoms with van der Waals surface area (Å²) in [5.41, 5.74) is 0.986. The third kappa shape index (κ3) is 6.34. The van der Waals surface area contributed by atoms with E-state index in [1.54, 1.807) is 13.1 Å². The van der Waals surface area contributed by atoms with Gasteiger partial charge in [0.2, 0.25) is 5.88 Å². The average molecular weight is 300 g/mol. The smallest absolute Gasteiger partial charge is 0.218 e. The lowest BCUT2D eigenvalue weighted by molar-refractivity contribution is 0.229. The lowest BCUT2D eigenvalue weighted by Gasteiger charge is -2.13. The maximum Gasteiger partial charge on any atom is 0.218 e. The van der Waals surface area contributed by atoms with E-state index in [1.165, 1.54) is 0 Å². The molecule has 5 nitrogen and oxygen atoms in total. The standard InChI is InChI=1S/C14H24N2O3S/c1-4-20(17,18)10-6-8-15-11-13-7-5-9-16-14(13)19-12(2)3/h5,7,9,12,15H,4,6,8,10-11H2,1-3H3. The van der Waals surface area contributed by atoms with Gasteiger partial charge in [0.1, 0.15) is 9.84 Å². The van der Waals surface area contributed by atoms with Crippen molar-refractivity contribution in [3.05, 3.63) is 23.9 Å². The third-order valence-corrected chi connectivity index (χ3v) is 4.55. The van der Waals surface area contributed by atoms with Gasteiger partial charge in [0.15, 0.2) is 0 Å². The topological polar surface area (TPSA) is 68.3 Å². The summed E-state index contributed by atoms with van der Waals surface area (Å²) in [6, 6.07) is 3.83. The molecule has 1 heterocycles. The Balaban J connectivity index is 2.39. The van der Waals surface area contributed by atoms with Gasteiger partial charge in [-0.05, 0) is 32.9 Å². The molecule has 0 fully saturated rings. The third-order valence-electron chi connectivity index (χ3n) is 2.76. The highest BCUT2D eigenvalue weighted by molar-refractivity contribution is 7.91. The largest absolute Gasteiger partial charge is 0.475 e. The molecule has 0 radical (unpaired) electrons. The maximum absolute atomic E-state index is 11.4. The van der Waals surface area contributed by atoms with Gasteiger partial charge in [0.05, 0.1) is 11.9 Å². The molecule has 0 amide bonds. The van der Waals surface area contributed by atoms with Crippen molar-refractivity contribution in [2.24, 2.45) is 0 Å². The first-order valence-corrected chi connectivity index (χ1v) is 8.78.